The highest BCUT2D eigenvalue weighted by Crippen LogP contribution is 2.39. The summed E-state index contributed by atoms with van der Waals surface area (Å²) < 4.78 is 57.1. The Morgan fingerprint density at radius 1 is 1.20 bits per heavy atom. The molecule has 0 fully saturated rings. The van der Waals surface area contributed by atoms with Crippen LogP contribution in [0.25, 0.3) is 0 Å². The number of nitro benzene ring substituents is 1. The Morgan fingerprint density at radius 3 is 2.38 bits per heavy atom. The molecular formula is C21H15N5O12S2. The van der Waals surface area contributed by atoms with Crippen molar-refractivity contribution in [3.63, 3.8) is 0 Å². The second kappa shape index (κ2) is 11.7. The van der Waals surface area contributed by atoms with Gasteiger partial charge in [0.2, 0.25) is 26.2 Å². The summed E-state index contributed by atoms with van der Waals surface area (Å²) in [6.45, 7) is 0. The third-order valence-corrected chi connectivity index (χ3v) is 6.60. The van der Waals surface area contributed by atoms with Crippen LogP contribution in [-0.4, -0.2) is 65.0 Å². The van der Waals surface area contributed by atoms with Crippen molar-refractivity contribution in [1.82, 2.24) is 9.97 Å². The van der Waals surface area contributed by atoms with Gasteiger partial charge in [0.05, 0.1) is 20.8 Å². The normalized spacial score (nSPS) is 13.5. The van der Waals surface area contributed by atoms with Crippen LogP contribution >= 0.6 is 0 Å². The number of carboxylic acid groups (broad SMARTS) is 1. The van der Waals surface area contributed by atoms with E-state index >= 15 is 0 Å². The quantitative estimate of drug-likeness (QED) is 0.177. The van der Waals surface area contributed by atoms with E-state index < -0.39 is 82.5 Å². The fraction of sp³-hybridized carbons (Fsp3) is 0.190. The Labute approximate surface area is 225 Å². The molecule has 1 aromatic carbocycles. The number of carboxylic acids is 1. The van der Waals surface area contributed by atoms with Gasteiger partial charge < -0.3 is 14.6 Å². The maximum absolute atomic E-state index is 12.2. The summed E-state index contributed by atoms with van der Waals surface area (Å²) in [5, 5.41) is 40.9. The maximum atomic E-state index is 12.2. The lowest BCUT2D eigenvalue weighted by atomic mass is 10.0. The van der Waals surface area contributed by atoms with Crippen molar-refractivity contribution in [2.24, 2.45) is 0 Å². The minimum absolute atomic E-state index is 0.0330. The van der Waals surface area contributed by atoms with E-state index in [1.54, 1.807) is 6.07 Å². The molecule has 1 aliphatic rings. The van der Waals surface area contributed by atoms with Gasteiger partial charge in [0.1, 0.15) is 17.4 Å². The lowest BCUT2D eigenvalue weighted by Crippen LogP contribution is -2.29. The molecule has 1 unspecified atom stereocenters. The number of aliphatic carboxylic acids is 1. The molecule has 17 nitrogen and oxygen atoms in total. The molecule has 0 radical (unpaired) electrons. The number of nitrogens with zero attached hydrogens (tertiary/aromatic N) is 5. The van der Waals surface area contributed by atoms with Gasteiger partial charge in [0.15, 0.2) is 0 Å². The summed E-state index contributed by atoms with van der Waals surface area (Å²) in [4.78, 5) is 40.1. The van der Waals surface area contributed by atoms with E-state index in [9.17, 15) is 47.0 Å². The van der Waals surface area contributed by atoms with Crippen LogP contribution in [0, 0.1) is 31.6 Å². The third kappa shape index (κ3) is 6.80. The number of allylic oxidation sites excluding steroid dienone is 3. The predicted molar refractivity (Wildman–Crippen MR) is 132 cm³/mol. The van der Waals surface area contributed by atoms with E-state index in [0.29, 0.717) is 11.8 Å². The lowest BCUT2D eigenvalue weighted by Gasteiger charge is -2.17. The van der Waals surface area contributed by atoms with Gasteiger partial charge in [-0.25, -0.2) is 13.2 Å². The van der Waals surface area contributed by atoms with Crippen LogP contribution in [-0.2, 0) is 24.9 Å². The molecule has 0 bridgehead atoms. The molecule has 0 aliphatic heterocycles. The molecule has 0 amide bonds. The molecule has 2 aromatic rings. The molecule has 0 saturated heterocycles. The molecule has 1 aliphatic carbocycles. The number of sulfone groups is 1. The van der Waals surface area contributed by atoms with Crippen LogP contribution < -0.4 is 9.47 Å². The van der Waals surface area contributed by atoms with Gasteiger partial charge in [-0.05, 0) is 23.8 Å². The summed E-state index contributed by atoms with van der Waals surface area (Å²) in [5.41, 5.74) is -1.99. The van der Waals surface area contributed by atoms with Gasteiger partial charge in [-0.1, -0.05) is 12.2 Å². The Balaban J connectivity index is 2.10. The SMILES string of the molecule is CS(=O)(=O)c1nc(Oc2ccc(C#N)c([N+](=O)[O-])c2)c([N+](=O)[O-])c(OC(CC2=CCC(=S(=O)=O)C=C2)C(=O)O)n1. The number of nitriles is 1. The molecule has 1 N–H and O–H groups in total. The van der Waals surface area contributed by atoms with Crippen molar-refractivity contribution < 1.29 is 46.1 Å². The zero-order chi connectivity index (χ0) is 29.8. The number of hydrogen-bond acceptors (Lipinski definition) is 14. The van der Waals surface area contributed by atoms with Gasteiger partial charge in [-0.15, -0.1) is 0 Å². The molecule has 0 saturated carbocycles. The Bertz CT molecular complexity index is 1780. The van der Waals surface area contributed by atoms with Gasteiger partial charge in [0, 0.05) is 19.1 Å². The van der Waals surface area contributed by atoms with Crippen LogP contribution in [0.4, 0.5) is 11.4 Å². The molecular weight excluding hydrogens is 578 g/mol. The van der Waals surface area contributed by atoms with Crippen molar-refractivity contribution in [2.75, 3.05) is 6.26 Å². The van der Waals surface area contributed by atoms with E-state index in [2.05, 4.69) is 9.97 Å². The molecule has 19 heteroatoms. The number of nitro groups is 2. The average Bonchev–Trinajstić information content (AvgIpc) is 2.87. The first-order valence-corrected chi connectivity index (χ1v) is 13.5. The molecule has 1 heterocycles. The second-order valence-corrected chi connectivity index (χ2v) is 10.7. The largest absolute Gasteiger partial charge is 0.478 e. The van der Waals surface area contributed by atoms with E-state index in [4.69, 9.17) is 14.7 Å². The van der Waals surface area contributed by atoms with Crippen LogP contribution in [0.5, 0.6) is 17.5 Å². The van der Waals surface area contributed by atoms with Gasteiger partial charge >= 0.3 is 23.4 Å². The summed E-state index contributed by atoms with van der Waals surface area (Å²) in [7, 11) is -6.79. The summed E-state index contributed by atoms with van der Waals surface area (Å²) >= 11 is 0. The fourth-order valence-corrected chi connectivity index (χ4v) is 4.07. The van der Waals surface area contributed by atoms with Gasteiger partial charge in [-0.3, -0.25) is 20.2 Å². The van der Waals surface area contributed by atoms with E-state index in [1.165, 1.54) is 18.2 Å². The predicted octanol–water partition coefficient (Wildman–Crippen LogP) is 1.52. The van der Waals surface area contributed by atoms with E-state index in [1.807, 2.05) is 0 Å². The summed E-state index contributed by atoms with van der Waals surface area (Å²) in [6.07, 6.45) is 2.22. The average molecular weight is 594 g/mol. The minimum atomic E-state index is -4.30. The van der Waals surface area contributed by atoms with E-state index in [-0.39, 0.29) is 16.8 Å². The van der Waals surface area contributed by atoms with Gasteiger partial charge in [0.25, 0.3) is 10.8 Å². The number of ether oxygens (including phenoxy) is 2. The highest BCUT2D eigenvalue weighted by atomic mass is 32.2. The zero-order valence-electron chi connectivity index (χ0n) is 19.9. The Morgan fingerprint density at radius 2 is 1.88 bits per heavy atom. The third-order valence-electron chi connectivity index (χ3n) is 5.03. The fourth-order valence-electron chi connectivity index (χ4n) is 3.17. The smallest absolute Gasteiger partial charge is 0.392 e. The van der Waals surface area contributed by atoms with Gasteiger partial charge in [-0.2, -0.15) is 23.6 Å². The standard InChI is InChI=1S/C21H15N5O12S2/c1-40(35,36)21-23-18(37-13-5-4-12(10-22)15(9-13)25(29)30)17(26(31)32)19(24-21)38-16(20(27)28)8-11-2-6-14(7-3-11)39(33)34/h2-6,9,16H,7-8H2,1H3,(H,27,28). The highest BCUT2D eigenvalue weighted by molar-refractivity contribution is 7.90. The molecule has 1 atom stereocenters. The second-order valence-electron chi connectivity index (χ2n) is 7.81. The summed E-state index contributed by atoms with van der Waals surface area (Å²) in [5.74, 6) is -4.23. The number of carbonyl (C=O) groups is 1. The number of benzene rings is 1. The molecule has 1 aromatic heterocycles. The topological polar surface area (TPSA) is 260 Å². The van der Waals surface area contributed by atoms with Crippen molar-refractivity contribution >= 4 is 42.3 Å². The lowest BCUT2D eigenvalue weighted by molar-refractivity contribution is -0.387. The highest BCUT2D eigenvalue weighted by Gasteiger charge is 2.34. The summed E-state index contributed by atoms with van der Waals surface area (Å²) in [6, 6.07) is 4.33. The van der Waals surface area contributed by atoms with Crippen molar-refractivity contribution in [2.45, 2.75) is 24.1 Å². The maximum Gasteiger partial charge on any atom is 0.392 e. The Kier molecular flexibility index (Phi) is 8.56. The molecule has 0 spiro atoms. The van der Waals surface area contributed by atoms with Crippen LogP contribution in [0.3, 0.4) is 0 Å². The first-order valence-electron chi connectivity index (χ1n) is 10.6. The molecule has 208 valence electrons. The van der Waals surface area contributed by atoms with Crippen LogP contribution in [0.1, 0.15) is 18.4 Å². The van der Waals surface area contributed by atoms with Crippen molar-refractivity contribution in [3.05, 3.63) is 67.8 Å². The van der Waals surface area contributed by atoms with Crippen molar-refractivity contribution in [3.8, 4) is 23.6 Å². The Hall–Kier alpha value is -5.22. The number of aromatic nitrogens is 2. The number of hydrogen-bond donors (Lipinski definition) is 1. The first-order chi connectivity index (χ1) is 18.7. The van der Waals surface area contributed by atoms with Crippen molar-refractivity contribution in [1.29, 1.82) is 5.26 Å². The van der Waals surface area contributed by atoms with E-state index in [0.717, 1.165) is 18.2 Å². The zero-order valence-corrected chi connectivity index (χ0v) is 21.6. The molecule has 3 rings (SSSR count). The number of rotatable bonds is 10. The molecule has 40 heavy (non-hydrogen) atoms. The van der Waals surface area contributed by atoms with Crippen LogP contribution in [0.2, 0.25) is 0 Å². The van der Waals surface area contributed by atoms with Crippen LogP contribution in [0.15, 0.2) is 47.2 Å². The monoisotopic (exact) mass is 593 g/mol. The minimum Gasteiger partial charge on any atom is -0.478 e. The first kappa shape index (κ1) is 29.3.